The van der Waals surface area contributed by atoms with Crippen LogP contribution in [-0.4, -0.2) is 40.7 Å². The van der Waals surface area contributed by atoms with Crippen LogP contribution in [0, 0.1) is 23.7 Å². The van der Waals surface area contributed by atoms with Crippen LogP contribution < -0.4 is 9.47 Å². The molecule has 0 aliphatic heterocycles. The molecule has 0 heterocycles. The average molecular weight is 515 g/mol. The summed E-state index contributed by atoms with van der Waals surface area (Å²) < 4.78 is 30.7. The van der Waals surface area contributed by atoms with Crippen LogP contribution in [0.3, 0.4) is 0 Å². The topological polar surface area (TPSA) is 89.5 Å². The normalized spacial score (nSPS) is 11.3. The first-order chi connectivity index (χ1) is 18.5. The highest BCUT2D eigenvalue weighted by Crippen LogP contribution is 2.29. The molecule has 0 saturated heterocycles. The van der Waals surface area contributed by atoms with Crippen molar-refractivity contribution in [1.82, 2.24) is 0 Å². The minimum Gasteiger partial charge on any atom is -0.497 e. The van der Waals surface area contributed by atoms with Crippen LogP contribution in [0.2, 0.25) is 0 Å². The van der Waals surface area contributed by atoms with Crippen molar-refractivity contribution in [2.75, 3.05) is 28.4 Å². The zero-order valence-electron chi connectivity index (χ0n) is 21.3. The monoisotopic (exact) mass is 514 g/mol. The fourth-order valence-electron chi connectivity index (χ4n) is 3.26. The molecule has 0 radical (unpaired) electrons. The molecule has 0 aromatic heterocycles. The van der Waals surface area contributed by atoms with Gasteiger partial charge in [-0.05, 0) is 60.4 Å². The summed E-state index contributed by atoms with van der Waals surface area (Å²) in [4.78, 5) is 24.2. The molecule has 0 amide bonds. The number of rotatable bonds is 6. The van der Waals surface area contributed by atoms with E-state index in [1.165, 1.54) is 14.2 Å². The van der Waals surface area contributed by atoms with Crippen molar-refractivity contribution in [3.63, 3.8) is 0 Å². The van der Waals surface area contributed by atoms with Crippen molar-refractivity contribution in [2.24, 2.45) is 0 Å². The molecule has 194 valence electrons. The van der Waals surface area contributed by atoms with Gasteiger partial charge >= 0.3 is 12.3 Å². The van der Waals surface area contributed by atoms with Gasteiger partial charge in [0.05, 0.1) is 28.4 Å². The molecule has 0 N–H and O–H groups in total. The Morgan fingerprint density at radius 3 is 1.26 bits per heavy atom. The van der Waals surface area contributed by atoms with Crippen molar-refractivity contribution in [3.8, 4) is 35.2 Å². The Balaban J connectivity index is 2.04. The van der Waals surface area contributed by atoms with Crippen molar-refractivity contribution in [1.29, 1.82) is 0 Å². The van der Waals surface area contributed by atoms with E-state index < -0.39 is 24.5 Å². The molecule has 8 heteroatoms. The van der Waals surface area contributed by atoms with Gasteiger partial charge < -0.3 is 28.4 Å². The third-order valence-electron chi connectivity index (χ3n) is 5.20. The summed E-state index contributed by atoms with van der Waals surface area (Å²) in [6.45, 7) is 0. The summed E-state index contributed by atoms with van der Waals surface area (Å²) in [5.74, 6) is 13.3. The minimum atomic E-state index is -1.06. The first-order valence-electron chi connectivity index (χ1n) is 11.4. The lowest BCUT2D eigenvalue weighted by atomic mass is 9.97. The van der Waals surface area contributed by atoms with E-state index in [-0.39, 0.29) is 0 Å². The number of methoxy groups -OCH3 is 4. The zero-order valence-corrected chi connectivity index (χ0v) is 21.3. The number of ether oxygens (including phenoxy) is 6. The molecule has 2 unspecified atom stereocenters. The predicted molar refractivity (Wildman–Crippen MR) is 139 cm³/mol. The summed E-state index contributed by atoms with van der Waals surface area (Å²) >= 11 is 0. The molecule has 0 fully saturated rings. The van der Waals surface area contributed by atoms with E-state index in [1.54, 1.807) is 87.0 Å². The quantitative estimate of drug-likeness (QED) is 0.317. The molecule has 0 aliphatic rings. The van der Waals surface area contributed by atoms with Gasteiger partial charge in [-0.1, -0.05) is 36.1 Å². The Hall–Kier alpha value is -5.08. The molecule has 3 aromatic carbocycles. The maximum atomic E-state index is 12.1. The molecule has 8 nitrogen and oxygen atoms in total. The first kappa shape index (κ1) is 27.5. The fraction of sp³-hybridized carbons (Fsp3) is 0.200. The lowest BCUT2D eigenvalue weighted by molar-refractivity contribution is 0.0473. The largest absolute Gasteiger partial charge is 0.509 e. The van der Waals surface area contributed by atoms with Gasteiger partial charge in [-0.25, -0.2) is 9.59 Å². The van der Waals surface area contributed by atoms with E-state index in [0.717, 1.165) is 0 Å². The Labute approximate surface area is 221 Å². The molecule has 0 bridgehead atoms. The molecule has 38 heavy (non-hydrogen) atoms. The molecular formula is C30H26O8. The van der Waals surface area contributed by atoms with Crippen LogP contribution in [0.4, 0.5) is 9.59 Å². The third kappa shape index (κ3) is 7.71. The lowest BCUT2D eigenvalue weighted by Crippen LogP contribution is -2.16. The van der Waals surface area contributed by atoms with E-state index in [2.05, 4.69) is 23.7 Å². The Kier molecular flexibility index (Phi) is 10.0. The van der Waals surface area contributed by atoms with Gasteiger partial charge in [-0.3, -0.25) is 0 Å². The van der Waals surface area contributed by atoms with Gasteiger partial charge in [-0.15, -0.1) is 0 Å². The summed E-state index contributed by atoms with van der Waals surface area (Å²) in [7, 11) is 5.54. The van der Waals surface area contributed by atoms with E-state index >= 15 is 0 Å². The van der Waals surface area contributed by atoms with Gasteiger partial charge in [0.2, 0.25) is 0 Å². The Morgan fingerprint density at radius 1 is 0.579 bits per heavy atom. The summed E-state index contributed by atoms with van der Waals surface area (Å²) in [6, 6.07) is 21.1. The summed E-state index contributed by atoms with van der Waals surface area (Å²) in [6.07, 6.45) is -3.98. The number of benzene rings is 3. The second-order valence-electron chi connectivity index (χ2n) is 7.53. The van der Waals surface area contributed by atoms with Gasteiger partial charge in [0.15, 0.2) is 12.2 Å². The van der Waals surface area contributed by atoms with Crippen LogP contribution >= 0.6 is 0 Å². The van der Waals surface area contributed by atoms with Crippen molar-refractivity contribution >= 4 is 12.3 Å². The van der Waals surface area contributed by atoms with Crippen molar-refractivity contribution in [3.05, 3.63) is 95.1 Å². The van der Waals surface area contributed by atoms with Crippen molar-refractivity contribution < 1.29 is 38.0 Å². The minimum absolute atomic E-state index is 0.455. The lowest BCUT2D eigenvalue weighted by Gasteiger charge is -2.19. The van der Waals surface area contributed by atoms with Crippen LogP contribution in [0.5, 0.6) is 11.5 Å². The van der Waals surface area contributed by atoms with E-state index in [1.807, 2.05) is 0 Å². The fourth-order valence-corrected chi connectivity index (χ4v) is 3.26. The molecule has 0 aliphatic carbocycles. The second kappa shape index (κ2) is 13.9. The molecule has 2 atom stereocenters. The highest BCUT2D eigenvalue weighted by molar-refractivity contribution is 5.62. The van der Waals surface area contributed by atoms with E-state index in [4.69, 9.17) is 28.4 Å². The molecule has 0 saturated carbocycles. The molecule has 3 rings (SSSR count). The number of carbonyl (C=O) groups excluding carboxylic acids is 2. The van der Waals surface area contributed by atoms with Gasteiger partial charge in [-0.2, -0.15) is 0 Å². The van der Waals surface area contributed by atoms with Gasteiger partial charge in [0, 0.05) is 22.3 Å². The number of hydrogen-bond donors (Lipinski definition) is 0. The zero-order chi connectivity index (χ0) is 27.3. The number of carbonyl (C=O) groups is 2. The molecule has 3 aromatic rings. The highest BCUT2D eigenvalue weighted by Gasteiger charge is 2.24. The van der Waals surface area contributed by atoms with Crippen LogP contribution in [0.1, 0.15) is 34.5 Å². The van der Waals surface area contributed by atoms with E-state index in [0.29, 0.717) is 33.8 Å². The predicted octanol–water partition coefficient (Wildman–Crippen LogP) is 5.46. The Morgan fingerprint density at radius 2 is 0.947 bits per heavy atom. The van der Waals surface area contributed by atoms with Crippen LogP contribution in [-0.2, 0) is 18.9 Å². The van der Waals surface area contributed by atoms with Gasteiger partial charge in [0.25, 0.3) is 0 Å². The Bertz CT molecular complexity index is 1250. The number of hydrogen-bond acceptors (Lipinski definition) is 8. The maximum absolute atomic E-state index is 12.1. The third-order valence-corrected chi connectivity index (χ3v) is 5.20. The standard InChI is InChI=1S/C30H26O8/c1-33-23-15-9-21(10-16-23)13-19-27(37-29(31)35-3)25-7-5-6-8-26(25)28(38-30(32)36-4)20-14-22-11-17-24(34-2)18-12-22/h5-12,15-18,27-28H,1-4H3. The smallest absolute Gasteiger partial charge is 0.497 e. The second-order valence-corrected chi connectivity index (χ2v) is 7.53. The first-order valence-corrected chi connectivity index (χ1v) is 11.4. The van der Waals surface area contributed by atoms with Gasteiger partial charge in [0.1, 0.15) is 11.5 Å². The van der Waals surface area contributed by atoms with Crippen LogP contribution in [0.15, 0.2) is 72.8 Å². The van der Waals surface area contributed by atoms with Crippen molar-refractivity contribution in [2.45, 2.75) is 12.2 Å². The van der Waals surface area contributed by atoms with Crippen LogP contribution in [0.25, 0.3) is 0 Å². The maximum Gasteiger partial charge on any atom is 0.509 e. The average Bonchev–Trinajstić information content (AvgIpc) is 2.97. The summed E-state index contributed by atoms with van der Waals surface area (Å²) in [5.41, 5.74) is 2.25. The van der Waals surface area contributed by atoms with E-state index in [9.17, 15) is 9.59 Å². The molecule has 0 spiro atoms. The molecular weight excluding hydrogens is 488 g/mol. The SMILES string of the molecule is COC(=O)OC(C#Cc1ccc(OC)cc1)c1ccccc1C(C#Cc1ccc(OC)cc1)OC(=O)OC. The highest BCUT2D eigenvalue weighted by atomic mass is 16.7. The summed E-state index contributed by atoms with van der Waals surface area (Å²) in [5, 5.41) is 0.